The van der Waals surface area contributed by atoms with Crippen LogP contribution in [0.5, 0.6) is 11.9 Å². The number of pyridine rings is 1. The van der Waals surface area contributed by atoms with Gasteiger partial charge in [0.25, 0.3) is 11.5 Å². The highest BCUT2D eigenvalue weighted by Gasteiger charge is 2.44. The number of anilines is 1. The molecule has 1 aliphatic heterocycles. The molecule has 39 heavy (non-hydrogen) atoms. The van der Waals surface area contributed by atoms with Crippen molar-refractivity contribution in [3.8, 4) is 23.1 Å². The summed E-state index contributed by atoms with van der Waals surface area (Å²) in [6, 6.07) is 6.83. The van der Waals surface area contributed by atoms with Gasteiger partial charge in [0.15, 0.2) is 0 Å². The number of rotatable bonds is 6. The number of hydrogen-bond acceptors (Lipinski definition) is 6. The number of halogens is 3. The van der Waals surface area contributed by atoms with Gasteiger partial charge < -0.3 is 18.6 Å². The van der Waals surface area contributed by atoms with Crippen LogP contribution in [0.4, 0.5) is 10.1 Å². The van der Waals surface area contributed by atoms with Crippen LogP contribution in [-0.2, 0) is 7.05 Å². The average molecular weight is 572 g/mol. The highest BCUT2D eigenvalue weighted by molar-refractivity contribution is 6.31. The van der Waals surface area contributed by atoms with E-state index in [2.05, 4.69) is 9.97 Å². The molecular formula is C27H24Cl2FN5O4. The second-order valence-electron chi connectivity index (χ2n) is 9.29. The number of aryl methyl sites for hydroxylation is 1. The SMILES string of the molecule is COc1ncc(-c2cc3c(n2C(C)C)C(c2ccc(Cl)c(F)c2)N(c2cc(Cl)c(=O)n(C)c2)C3=O)c(OC)n1. The topological polar surface area (TPSA) is 91.5 Å². The van der Waals surface area contributed by atoms with Crippen LogP contribution in [0.2, 0.25) is 10.0 Å². The van der Waals surface area contributed by atoms with Crippen LogP contribution in [0.15, 0.2) is 47.5 Å². The lowest BCUT2D eigenvalue weighted by Gasteiger charge is -2.29. The predicted molar refractivity (Wildman–Crippen MR) is 146 cm³/mol. The van der Waals surface area contributed by atoms with Gasteiger partial charge in [0, 0.05) is 25.5 Å². The van der Waals surface area contributed by atoms with E-state index in [1.165, 1.54) is 48.1 Å². The first-order chi connectivity index (χ1) is 18.6. The van der Waals surface area contributed by atoms with Crippen molar-refractivity contribution in [2.24, 2.45) is 7.05 Å². The van der Waals surface area contributed by atoms with Crippen molar-refractivity contribution < 1.29 is 18.7 Å². The monoisotopic (exact) mass is 571 g/mol. The van der Waals surface area contributed by atoms with Gasteiger partial charge >= 0.3 is 6.01 Å². The summed E-state index contributed by atoms with van der Waals surface area (Å²) in [4.78, 5) is 36.4. The van der Waals surface area contributed by atoms with Crippen LogP contribution in [0, 0.1) is 5.82 Å². The number of fused-ring (bicyclic) bond motifs is 1. The van der Waals surface area contributed by atoms with Crippen molar-refractivity contribution >= 4 is 34.8 Å². The molecule has 0 fully saturated rings. The minimum Gasteiger partial charge on any atom is -0.480 e. The normalized spacial score (nSPS) is 14.7. The molecule has 4 heterocycles. The molecule has 1 aliphatic rings. The third-order valence-corrected chi connectivity index (χ3v) is 7.18. The number of ether oxygens (including phenoxy) is 2. The highest BCUT2D eigenvalue weighted by atomic mass is 35.5. The van der Waals surface area contributed by atoms with Crippen LogP contribution in [0.1, 0.15) is 47.5 Å². The molecule has 1 aromatic carbocycles. The van der Waals surface area contributed by atoms with Crippen molar-refractivity contribution in [2.45, 2.75) is 25.9 Å². The smallest absolute Gasteiger partial charge is 0.319 e. The second kappa shape index (κ2) is 10.0. The lowest BCUT2D eigenvalue weighted by molar-refractivity contribution is 0.0993. The number of aromatic nitrogens is 4. The Morgan fingerprint density at radius 3 is 2.38 bits per heavy atom. The fourth-order valence-electron chi connectivity index (χ4n) is 4.95. The maximum Gasteiger partial charge on any atom is 0.319 e. The van der Waals surface area contributed by atoms with Gasteiger partial charge in [-0.25, -0.2) is 9.37 Å². The van der Waals surface area contributed by atoms with Gasteiger partial charge in [-0.1, -0.05) is 29.3 Å². The van der Waals surface area contributed by atoms with E-state index in [1.54, 1.807) is 25.4 Å². The van der Waals surface area contributed by atoms with Gasteiger partial charge in [0.1, 0.15) is 16.9 Å². The lowest BCUT2D eigenvalue weighted by atomic mass is 10.0. The van der Waals surface area contributed by atoms with Gasteiger partial charge in [-0.3, -0.25) is 14.5 Å². The first-order valence-electron chi connectivity index (χ1n) is 11.9. The number of nitrogens with zero attached hydrogens (tertiary/aromatic N) is 5. The minimum absolute atomic E-state index is 0.0416. The number of benzene rings is 1. The first-order valence-corrected chi connectivity index (χ1v) is 12.7. The molecule has 0 aliphatic carbocycles. The molecule has 0 N–H and O–H groups in total. The molecule has 9 nitrogen and oxygen atoms in total. The van der Waals surface area contributed by atoms with Crippen LogP contribution in [0.3, 0.4) is 0 Å². The van der Waals surface area contributed by atoms with Gasteiger partial charge in [-0.2, -0.15) is 4.98 Å². The summed E-state index contributed by atoms with van der Waals surface area (Å²) in [6.07, 6.45) is 3.10. The van der Waals surface area contributed by atoms with Crippen molar-refractivity contribution in [1.29, 1.82) is 0 Å². The standard InChI is InChI=1S/C27H24Cl2FN5O4/c1-13(2)34-21(17-11-31-27(39-5)32-24(17)38-4)10-16-23(34)22(14-6-7-18(28)20(30)8-14)35(25(16)36)15-9-19(29)26(37)33(3)12-15/h6-13,22H,1-5H3. The second-order valence-corrected chi connectivity index (χ2v) is 10.1. The van der Waals surface area contributed by atoms with Crippen LogP contribution < -0.4 is 19.9 Å². The number of methoxy groups -OCH3 is 2. The number of carbonyl (C=O) groups excluding carboxylic acids is 1. The molecule has 0 radical (unpaired) electrons. The van der Waals surface area contributed by atoms with Crippen LogP contribution >= 0.6 is 23.2 Å². The van der Waals surface area contributed by atoms with Crippen LogP contribution in [0.25, 0.3) is 11.3 Å². The third kappa shape index (κ3) is 4.33. The molecule has 0 bridgehead atoms. The van der Waals surface area contributed by atoms with Gasteiger partial charge in [0.05, 0.1) is 47.4 Å². The Hall–Kier alpha value is -3.89. The van der Waals surface area contributed by atoms with Crippen LogP contribution in [-0.4, -0.2) is 39.2 Å². The third-order valence-electron chi connectivity index (χ3n) is 6.61. The summed E-state index contributed by atoms with van der Waals surface area (Å²) in [7, 11) is 4.48. The van der Waals surface area contributed by atoms with Gasteiger partial charge in [-0.05, 0) is 43.7 Å². The Bertz CT molecular complexity index is 1660. The summed E-state index contributed by atoms with van der Waals surface area (Å²) >= 11 is 12.2. The van der Waals surface area contributed by atoms with E-state index in [1.807, 2.05) is 18.4 Å². The summed E-state index contributed by atoms with van der Waals surface area (Å²) in [5, 5.41) is -0.0898. The van der Waals surface area contributed by atoms with E-state index in [9.17, 15) is 14.0 Å². The molecule has 1 amide bonds. The molecule has 0 saturated heterocycles. The van der Waals surface area contributed by atoms with E-state index in [0.29, 0.717) is 33.8 Å². The number of carbonyl (C=O) groups is 1. The molecule has 3 aromatic heterocycles. The minimum atomic E-state index is -0.769. The molecule has 0 spiro atoms. The zero-order valence-electron chi connectivity index (χ0n) is 21.7. The molecule has 4 aromatic rings. The zero-order chi connectivity index (χ0) is 28.2. The number of amides is 1. The Balaban J connectivity index is 1.80. The highest BCUT2D eigenvalue weighted by Crippen LogP contribution is 2.47. The van der Waals surface area contributed by atoms with E-state index < -0.39 is 17.4 Å². The molecule has 202 valence electrons. The summed E-state index contributed by atoms with van der Waals surface area (Å²) in [6.45, 7) is 3.94. The van der Waals surface area contributed by atoms with Crippen molar-refractivity contribution in [3.63, 3.8) is 0 Å². The first kappa shape index (κ1) is 26.7. The predicted octanol–water partition coefficient (Wildman–Crippen LogP) is 5.44. The van der Waals surface area contributed by atoms with Gasteiger partial charge in [-0.15, -0.1) is 0 Å². The van der Waals surface area contributed by atoms with Crippen molar-refractivity contribution in [1.82, 2.24) is 19.1 Å². The molecular weight excluding hydrogens is 548 g/mol. The van der Waals surface area contributed by atoms with E-state index in [0.717, 1.165) is 0 Å². The van der Waals surface area contributed by atoms with E-state index in [-0.39, 0.29) is 33.9 Å². The Morgan fingerprint density at radius 1 is 1.03 bits per heavy atom. The summed E-state index contributed by atoms with van der Waals surface area (Å²) < 4.78 is 28.7. The summed E-state index contributed by atoms with van der Waals surface area (Å²) in [5.41, 5.74) is 2.66. The van der Waals surface area contributed by atoms with Crippen molar-refractivity contribution in [2.75, 3.05) is 19.1 Å². The molecule has 12 heteroatoms. The Kier molecular flexibility index (Phi) is 6.86. The fraction of sp³-hybridized carbons (Fsp3) is 0.259. The number of hydrogen-bond donors (Lipinski definition) is 0. The molecule has 5 rings (SSSR count). The lowest BCUT2D eigenvalue weighted by Crippen LogP contribution is -2.31. The maximum atomic E-state index is 14.8. The van der Waals surface area contributed by atoms with Gasteiger partial charge in [0.2, 0.25) is 5.88 Å². The van der Waals surface area contributed by atoms with E-state index in [4.69, 9.17) is 32.7 Å². The quantitative estimate of drug-likeness (QED) is 0.306. The van der Waals surface area contributed by atoms with Crippen molar-refractivity contribution in [3.05, 3.63) is 85.8 Å². The fourth-order valence-corrected chi connectivity index (χ4v) is 5.31. The largest absolute Gasteiger partial charge is 0.480 e. The average Bonchev–Trinajstić information content (AvgIpc) is 3.43. The molecule has 1 atom stereocenters. The zero-order valence-corrected chi connectivity index (χ0v) is 23.2. The molecule has 0 saturated carbocycles. The molecule has 1 unspecified atom stereocenters. The Morgan fingerprint density at radius 2 is 1.77 bits per heavy atom. The van der Waals surface area contributed by atoms with E-state index >= 15 is 0 Å². The summed E-state index contributed by atoms with van der Waals surface area (Å²) in [5.74, 6) is -0.709. The maximum absolute atomic E-state index is 14.8. The Labute approximate surface area is 233 Å².